The molecule has 4 nitrogen and oxygen atoms in total. The van der Waals surface area contributed by atoms with E-state index in [-0.39, 0.29) is 24.1 Å². The molecule has 6 heteroatoms. The van der Waals surface area contributed by atoms with Crippen molar-refractivity contribution < 1.29 is 14.0 Å². The van der Waals surface area contributed by atoms with Crippen LogP contribution in [0.3, 0.4) is 0 Å². The van der Waals surface area contributed by atoms with Crippen LogP contribution in [0.2, 0.25) is 0 Å². The molecule has 0 radical (unpaired) electrons. The van der Waals surface area contributed by atoms with E-state index in [0.717, 1.165) is 10.0 Å². The summed E-state index contributed by atoms with van der Waals surface area (Å²) < 4.78 is 14.1. The lowest BCUT2D eigenvalue weighted by molar-refractivity contribution is -0.140. The second kappa shape index (κ2) is 9.32. The van der Waals surface area contributed by atoms with Crippen LogP contribution >= 0.6 is 15.9 Å². The molecule has 0 aliphatic carbocycles. The Labute approximate surface area is 174 Å². The van der Waals surface area contributed by atoms with E-state index in [1.165, 1.54) is 12.1 Å². The molecule has 0 aliphatic heterocycles. The van der Waals surface area contributed by atoms with Gasteiger partial charge in [0.1, 0.15) is 11.9 Å². The molecule has 1 atom stereocenters. The van der Waals surface area contributed by atoms with E-state index in [2.05, 4.69) is 21.2 Å². The number of amides is 2. The SMILES string of the molecule is CC(C(=O)NC(C)(C)C)N(Cc1cccc(Br)c1)C(=O)Cc1ccc(F)cc1. The third kappa shape index (κ3) is 6.75. The molecule has 0 saturated heterocycles. The Morgan fingerprint density at radius 1 is 1.11 bits per heavy atom. The first kappa shape index (κ1) is 22.1. The van der Waals surface area contributed by atoms with Gasteiger partial charge in [-0.05, 0) is 63.1 Å². The molecule has 2 aromatic carbocycles. The fraction of sp³-hybridized carbons (Fsp3) is 0.364. The predicted molar refractivity (Wildman–Crippen MR) is 112 cm³/mol. The van der Waals surface area contributed by atoms with Gasteiger partial charge in [-0.3, -0.25) is 9.59 Å². The van der Waals surface area contributed by atoms with Crippen LogP contribution in [0.25, 0.3) is 0 Å². The summed E-state index contributed by atoms with van der Waals surface area (Å²) in [6.45, 7) is 7.73. The van der Waals surface area contributed by atoms with Crippen molar-refractivity contribution >= 4 is 27.7 Å². The van der Waals surface area contributed by atoms with E-state index in [1.807, 2.05) is 45.0 Å². The van der Waals surface area contributed by atoms with Crippen molar-refractivity contribution in [2.24, 2.45) is 0 Å². The van der Waals surface area contributed by atoms with Gasteiger partial charge >= 0.3 is 0 Å². The van der Waals surface area contributed by atoms with E-state index < -0.39 is 11.6 Å². The number of hydrogen-bond donors (Lipinski definition) is 1. The average Bonchev–Trinajstić information content (AvgIpc) is 2.59. The molecule has 0 heterocycles. The minimum atomic E-state index is -0.647. The Balaban J connectivity index is 2.24. The molecular weight excluding hydrogens is 423 g/mol. The maximum absolute atomic E-state index is 13.1. The maximum Gasteiger partial charge on any atom is 0.242 e. The molecule has 0 aromatic heterocycles. The van der Waals surface area contributed by atoms with E-state index in [4.69, 9.17) is 0 Å². The van der Waals surface area contributed by atoms with E-state index >= 15 is 0 Å². The lowest BCUT2D eigenvalue weighted by Crippen LogP contribution is -2.52. The van der Waals surface area contributed by atoms with Crippen LogP contribution in [0.15, 0.2) is 53.0 Å². The first-order chi connectivity index (χ1) is 13.0. The number of nitrogens with one attached hydrogen (secondary N) is 1. The normalized spacial score (nSPS) is 12.4. The highest BCUT2D eigenvalue weighted by Crippen LogP contribution is 2.17. The molecule has 0 saturated carbocycles. The van der Waals surface area contributed by atoms with Crippen LogP contribution in [-0.2, 0) is 22.6 Å². The molecule has 28 heavy (non-hydrogen) atoms. The number of hydrogen-bond acceptors (Lipinski definition) is 2. The number of benzene rings is 2. The lowest BCUT2D eigenvalue weighted by atomic mass is 10.1. The number of carbonyl (C=O) groups excluding carboxylic acids is 2. The summed E-state index contributed by atoms with van der Waals surface area (Å²) in [6.07, 6.45) is 0.0986. The monoisotopic (exact) mass is 448 g/mol. The Hall–Kier alpha value is -2.21. The highest BCUT2D eigenvalue weighted by atomic mass is 79.9. The van der Waals surface area contributed by atoms with Crippen LogP contribution in [0.5, 0.6) is 0 Å². The maximum atomic E-state index is 13.1. The highest BCUT2D eigenvalue weighted by molar-refractivity contribution is 9.10. The number of halogens is 2. The van der Waals surface area contributed by atoms with Crippen LogP contribution in [0, 0.1) is 5.82 Å². The molecule has 150 valence electrons. The molecule has 0 fully saturated rings. The first-order valence-corrected chi connectivity index (χ1v) is 9.95. The summed E-state index contributed by atoms with van der Waals surface area (Å²) >= 11 is 3.44. The molecule has 2 aromatic rings. The number of rotatable bonds is 6. The second-order valence-electron chi connectivity index (χ2n) is 7.87. The van der Waals surface area contributed by atoms with Crippen molar-refractivity contribution in [1.29, 1.82) is 0 Å². The Bertz CT molecular complexity index is 831. The minimum absolute atomic E-state index is 0.0986. The van der Waals surface area contributed by atoms with Crippen molar-refractivity contribution in [3.8, 4) is 0 Å². The van der Waals surface area contributed by atoms with Gasteiger partial charge in [-0.25, -0.2) is 4.39 Å². The largest absolute Gasteiger partial charge is 0.350 e. The Morgan fingerprint density at radius 3 is 2.32 bits per heavy atom. The average molecular weight is 449 g/mol. The zero-order chi connectivity index (χ0) is 20.9. The van der Waals surface area contributed by atoms with Crippen molar-refractivity contribution in [1.82, 2.24) is 10.2 Å². The van der Waals surface area contributed by atoms with E-state index in [9.17, 15) is 14.0 Å². The van der Waals surface area contributed by atoms with Crippen LogP contribution < -0.4 is 5.32 Å². The smallest absolute Gasteiger partial charge is 0.242 e. The van der Waals surface area contributed by atoms with Crippen LogP contribution in [0.4, 0.5) is 4.39 Å². The molecule has 0 spiro atoms. The van der Waals surface area contributed by atoms with Gasteiger partial charge in [-0.1, -0.05) is 40.2 Å². The van der Waals surface area contributed by atoms with Gasteiger partial charge in [0, 0.05) is 16.6 Å². The molecule has 0 bridgehead atoms. The van der Waals surface area contributed by atoms with Gasteiger partial charge in [0.15, 0.2) is 0 Å². The Kier molecular flexibility index (Phi) is 7.35. The van der Waals surface area contributed by atoms with Crippen LogP contribution in [-0.4, -0.2) is 28.3 Å². The van der Waals surface area contributed by atoms with Gasteiger partial charge < -0.3 is 10.2 Å². The van der Waals surface area contributed by atoms with E-state index in [0.29, 0.717) is 12.1 Å². The molecule has 0 aliphatic rings. The minimum Gasteiger partial charge on any atom is -0.350 e. The fourth-order valence-electron chi connectivity index (χ4n) is 2.77. The summed E-state index contributed by atoms with van der Waals surface area (Å²) in [5.74, 6) is -0.752. The summed E-state index contributed by atoms with van der Waals surface area (Å²) in [7, 11) is 0. The first-order valence-electron chi connectivity index (χ1n) is 9.15. The zero-order valence-electron chi connectivity index (χ0n) is 16.6. The van der Waals surface area contributed by atoms with Gasteiger partial charge in [-0.2, -0.15) is 0 Å². The van der Waals surface area contributed by atoms with Crippen molar-refractivity contribution in [2.45, 2.75) is 52.2 Å². The quantitative estimate of drug-likeness (QED) is 0.708. The van der Waals surface area contributed by atoms with Crippen molar-refractivity contribution in [2.75, 3.05) is 0 Å². The van der Waals surface area contributed by atoms with Crippen molar-refractivity contribution in [3.63, 3.8) is 0 Å². The number of nitrogens with zero attached hydrogens (tertiary/aromatic N) is 1. The standard InChI is InChI=1S/C22H26BrFN2O2/c1-15(21(28)25-22(2,3)4)26(14-17-6-5-7-18(23)12-17)20(27)13-16-8-10-19(24)11-9-16/h5-12,15H,13-14H2,1-4H3,(H,25,28). The van der Waals surface area contributed by atoms with Crippen molar-refractivity contribution in [3.05, 3.63) is 69.9 Å². The van der Waals surface area contributed by atoms with Gasteiger partial charge in [0.25, 0.3) is 0 Å². The predicted octanol–water partition coefficient (Wildman–Crippen LogP) is 4.46. The number of carbonyl (C=O) groups is 2. The fourth-order valence-corrected chi connectivity index (χ4v) is 3.21. The third-order valence-electron chi connectivity index (χ3n) is 4.18. The summed E-state index contributed by atoms with van der Waals surface area (Å²) in [6, 6.07) is 12.8. The third-order valence-corrected chi connectivity index (χ3v) is 4.67. The van der Waals surface area contributed by atoms with Crippen LogP contribution in [0.1, 0.15) is 38.8 Å². The van der Waals surface area contributed by atoms with Gasteiger partial charge in [0.05, 0.1) is 6.42 Å². The lowest BCUT2D eigenvalue weighted by Gasteiger charge is -2.31. The molecular formula is C22H26BrFN2O2. The topological polar surface area (TPSA) is 49.4 Å². The molecule has 2 rings (SSSR count). The summed E-state index contributed by atoms with van der Waals surface area (Å²) in [5, 5.41) is 2.93. The highest BCUT2D eigenvalue weighted by Gasteiger charge is 2.28. The molecule has 1 N–H and O–H groups in total. The van der Waals surface area contributed by atoms with Gasteiger partial charge in [-0.15, -0.1) is 0 Å². The summed E-state index contributed by atoms with van der Waals surface area (Å²) in [4.78, 5) is 27.3. The molecule has 2 amide bonds. The zero-order valence-corrected chi connectivity index (χ0v) is 18.2. The molecule has 1 unspecified atom stereocenters. The van der Waals surface area contributed by atoms with E-state index in [1.54, 1.807) is 24.0 Å². The summed E-state index contributed by atoms with van der Waals surface area (Å²) in [5.41, 5.74) is 1.22. The van der Waals surface area contributed by atoms with Gasteiger partial charge in [0.2, 0.25) is 11.8 Å². The second-order valence-corrected chi connectivity index (χ2v) is 8.79. The Morgan fingerprint density at radius 2 is 1.75 bits per heavy atom.